The average molecular weight is 460 g/mol. The van der Waals surface area contributed by atoms with Gasteiger partial charge in [-0.25, -0.2) is 4.79 Å². The van der Waals surface area contributed by atoms with E-state index in [2.05, 4.69) is 33.4 Å². The van der Waals surface area contributed by atoms with Gasteiger partial charge < -0.3 is 19.9 Å². The molecule has 0 spiro atoms. The monoisotopic (exact) mass is 460 g/mol. The summed E-state index contributed by atoms with van der Waals surface area (Å²) in [7, 11) is 3.52. The molecular formula is C18H29IN4O2. The zero-order valence-electron chi connectivity index (χ0n) is 15.7. The fourth-order valence-electron chi connectivity index (χ4n) is 2.62. The summed E-state index contributed by atoms with van der Waals surface area (Å²) in [4.78, 5) is 20.1. The first-order valence-electron chi connectivity index (χ1n) is 8.32. The Morgan fingerprint density at radius 1 is 1.36 bits per heavy atom. The summed E-state index contributed by atoms with van der Waals surface area (Å²) < 4.78 is 5.35. The lowest BCUT2D eigenvalue weighted by molar-refractivity contribution is 0.0302. The van der Waals surface area contributed by atoms with Gasteiger partial charge in [-0.3, -0.25) is 4.99 Å². The van der Waals surface area contributed by atoms with Crippen molar-refractivity contribution in [2.45, 2.75) is 32.8 Å². The van der Waals surface area contributed by atoms with E-state index in [0.29, 0.717) is 13.1 Å². The number of guanidine groups is 1. The normalized spacial score (nSPS) is 13.8. The molecule has 0 saturated carbocycles. The third kappa shape index (κ3) is 6.05. The second kappa shape index (κ2) is 9.26. The molecule has 2 rings (SSSR count). The number of aliphatic imine (C=N–C) groups is 1. The summed E-state index contributed by atoms with van der Waals surface area (Å²) >= 11 is 0. The maximum absolute atomic E-state index is 12.0. The lowest BCUT2D eigenvalue weighted by atomic mass is 10.2. The summed E-state index contributed by atoms with van der Waals surface area (Å²) in [6.45, 7) is 7.67. The van der Waals surface area contributed by atoms with Crippen LogP contribution in [0.3, 0.4) is 0 Å². The van der Waals surface area contributed by atoms with Crippen LogP contribution in [0.4, 0.5) is 10.5 Å². The third-order valence-electron chi connectivity index (χ3n) is 3.79. The molecule has 0 aliphatic carbocycles. The van der Waals surface area contributed by atoms with Crippen molar-refractivity contribution in [2.24, 2.45) is 4.99 Å². The molecule has 0 atom stereocenters. The van der Waals surface area contributed by atoms with Crippen molar-refractivity contribution in [3.63, 3.8) is 0 Å². The van der Waals surface area contributed by atoms with Crippen molar-refractivity contribution in [1.82, 2.24) is 10.2 Å². The Bertz CT molecular complexity index is 613. The van der Waals surface area contributed by atoms with E-state index in [1.807, 2.05) is 26.8 Å². The SMILES string of the molecule is CN=C(NCCN(C)C(=O)OC(C)(C)C)N1CCc2ccccc21.I. The average Bonchev–Trinajstić information content (AvgIpc) is 2.93. The van der Waals surface area contributed by atoms with Gasteiger partial charge >= 0.3 is 6.09 Å². The van der Waals surface area contributed by atoms with E-state index in [4.69, 9.17) is 4.74 Å². The zero-order valence-corrected chi connectivity index (χ0v) is 18.0. The number of rotatable bonds is 3. The van der Waals surface area contributed by atoms with Crippen LogP contribution in [0.25, 0.3) is 0 Å². The number of anilines is 1. The van der Waals surface area contributed by atoms with Crippen LogP contribution in [-0.2, 0) is 11.2 Å². The van der Waals surface area contributed by atoms with Crippen molar-refractivity contribution in [3.8, 4) is 0 Å². The van der Waals surface area contributed by atoms with Crippen LogP contribution in [0.1, 0.15) is 26.3 Å². The zero-order chi connectivity index (χ0) is 17.7. The summed E-state index contributed by atoms with van der Waals surface area (Å²) in [5.74, 6) is 0.831. The summed E-state index contributed by atoms with van der Waals surface area (Å²) in [5, 5.41) is 3.33. The Morgan fingerprint density at radius 3 is 2.68 bits per heavy atom. The number of hydrogen-bond acceptors (Lipinski definition) is 3. The topological polar surface area (TPSA) is 57.2 Å². The highest BCUT2D eigenvalue weighted by Gasteiger charge is 2.23. The molecule has 1 amide bonds. The summed E-state index contributed by atoms with van der Waals surface area (Å²) in [6.07, 6.45) is 0.708. The van der Waals surface area contributed by atoms with Crippen molar-refractivity contribution >= 4 is 41.7 Å². The second-order valence-corrected chi connectivity index (χ2v) is 6.91. The Morgan fingerprint density at radius 2 is 2.04 bits per heavy atom. The van der Waals surface area contributed by atoms with Gasteiger partial charge in [0.1, 0.15) is 5.60 Å². The van der Waals surface area contributed by atoms with E-state index in [-0.39, 0.29) is 30.1 Å². The standard InChI is InChI=1S/C18H28N4O2.HI/c1-18(2,3)24-17(23)21(5)13-11-20-16(19-4)22-12-10-14-8-6-7-9-15(14)22;/h6-9H,10-13H2,1-5H3,(H,19,20);1H. The molecule has 0 fully saturated rings. The number of para-hydroxylation sites is 1. The Hall–Kier alpha value is -1.51. The number of benzene rings is 1. The summed E-state index contributed by atoms with van der Waals surface area (Å²) in [5.41, 5.74) is 2.06. The predicted molar refractivity (Wildman–Crippen MR) is 113 cm³/mol. The molecule has 0 aromatic heterocycles. The van der Waals surface area contributed by atoms with Crippen LogP contribution < -0.4 is 10.2 Å². The van der Waals surface area contributed by atoms with Crippen molar-refractivity contribution in [1.29, 1.82) is 0 Å². The molecule has 1 heterocycles. The quantitative estimate of drug-likeness (QED) is 0.428. The molecule has 140 valence electrons. The van der Waals surface area contributed by atoms with Gasteiger partial charge in [-0.2, -0.15) is 0 Å². The fraction of sp³-hybridized carbons (Fsp3) is 0.556. The van der Waals surface area contributed by atoms with E-state index in [1.165, 1.54) is 11.3 Å². The van der Waals surface area contributed by atoms with Crippen LogP contribution >= 0.6 is 24.0 Å². The largest absolute Gasteiger partial charge is 0.444 e. The van der Waals surface area contributed by atoms with Gasteiger partial charge in [0, 0.05) is 39.4 Å². The molecule has 7 heteroatoms. The number of likely N-dealkylation sites (N-methyl/N-ethyl adjacent to an activating group) is 1. The van der Waals surface area contributed by atoms with Crippen molar-refractivity contribution < 1.29 is 9.53 Å². The fourth-order valence-corrected chi connectivity index (χ4v) is 2.62. The van der Waals surface area contributed by atoms with E-state index in [1.54, 1.807) is 19.0 Å². The highest BCUT2D eigenvalue weighted by atomic mass is 127. The van der Waals surface area contributed by atoms with Gasteiger partial charge in [-0.1, -0.05) is 18.2 Å². The highest BCUT2D eigenvalue weighted by molar-refractivity contribution is 14.0. The molecular weight excluding hydrogens is 431 g/mol. The molecule has 1 aliphatic rings. The van der Waals surface area contributed by atoms with Crippen molar-refractivity contribution in [3.05, 3.63) is 29.8 Å². The van der Waals surface area contributed by atoms with Gasteiger partial charge in [-0.05, 0) is 38.8 Å². The number of amides is 1. The van der Waals surface area contributed by atoms with E-state index < -0.39 is 5.60 Å². The van der Waals surface area contributed by atoms with Crippen LogP contribution in [0.15, 0.2) is 29.3 Å². The van der Waals surface area contributed by atoms with Gasteiger partial charge in [0.2, 0.25) is 0 Å². The second-order valence-electron chi connectivity index (χ2n) is 6.91. The summed E-state index contributed by atoms with van der Waals surface area (Å²) in [6, 6.07) is 8.37. The Kier molecular flexibility index (Phi) is 7.98. The van der Waals surface area contributed by atoms with Gasteiger partial charge in [0.25, 0.3) is 0 Å². The Labute approximate surface area is 167 Å². The lowest BCUT2D eigenvalue weighted by Crippen LogP contribution is -2.44. The minimum Gasteiger partial charge on any atom is -0.444 e. The predicted octanol–water partition coefficient (Wildman–Crippen LogP) is 3.11. The Balaban J connectivity index is 0.00000312. The first kappa shape index (κ1) is 21.5. The third-order valence-corrected chi connectivity index (χ3v) is 3.79. The van der Waals surface area contributed by atoms with Crippen LogP contribution in [-0.4, -0.2) is 56.3 Å². The van der Waals surface area contributed by atoms with Gasteiger partial charge in [0.05, 0.1) is 0 Å². The number of nitrogens with zero attached hydrogens (tertiary/aromatic N) is 3. The van der Waals surface area contributed by atoms with Crippen molar-refractivity contribution in [2.75, 3.05) is 38.6 Å². The number of ether oxygens (including phenoxy) is 1. The number of halogens is 1. The maximum Gasteiger partial charge on any atom is 0.410 e. The molecule has 1 aromatic rings. The van der Waals surface area contributed by atoms with E-state index >= 15 is 0 Å². The van der Waals surface area contributed by atoms with Gasteiger partial charge in [0.15, 0.2) is 5.96 Å². The first-order valence-corrected chi connectivity index (χ1v) is 8.32. The molecule has 0 radical (unpaired) electrons. The molecule has 1 aliphatic heterocycles. The van der Waals surface area contributed by atoms with E-state index in [0.717, 1.165) is 18.9 Å². The number of carbonyl (C=O) groups is 1. The lowest BCUT2D eigenvalue weighted by Gasteiger charge is -2.26. The number of nitrogens with one attached hydrogen (secondary N) is 1. The molecule has 0 saturated heterocycles. The smallest absolute Gasteiger partial charge is 0.410 e. The molecule has 25 heavy (non-hydrogen) atoms. The number of fused-ring (bicyclic) bond motifs is 1. The van der Waals surface area contributed by atoms with Gasteiger partial charge in [-0.15, -0.1) is 24.0 Å². The number of hydrogen-bond donors (Lipinski definition) is 1. The minimum absolute atomic E-state index is 0. The van der Waals surface area contributed by atoms with E-state index in [9.17, 15) is 4.79 Å². The van der Waals surface area contributed by atoms with Crippen LogP contribution in [0, 0.1) is 0 Å². The number of carbonyl (C=O) groups excluding carboxylic acids is 1. The molecule has 6 nitrogen and oxygen atoms in total. The van der Waals surface area contributed by atoms with Crippen LogP contribution in [0.5, 0.6) is 0 Å². The van der Waals surface area contributed by atoms with Crippen LogP contribution in [0.2, 0.25) is 0 Å². The first-order chi connectivity index (χ1) is 11.3. The molecule has 0 bridgehead atoms. The molecule has 1 aromatic carbocycles. The minimum atomic E-state index is -0.478. The molecule has 1 N–H and O–H groups in total. The maximum atomic E-state index is 12.0. The molecule has 0 unspecified atom stereocenters. The highest BCUT2D eigenvalue weighted by Crippen LogP contribution is 2.27.